The van der Waals surface area contributed by atoms with E-state index >= 15 is 0 Å². The van der Waals surface area contributed by atoms with Gasteiger partial charge < -0.3 is 24.5 Å². The maximum absolute atomic E-state index is 12.1. The molecule has 0 saturated heterocycles. The van der Waals surface area contributed by atoms with Crippen LogP contribution in [0.5, 0.6) is 0 Å². The van der Waals surface area contributed by atoms with Crippen LogP contribution < -0.4 is 10.6 Å². The smallest absolute Gasteiger partial charge is 0.338 e. The van der Waals surface area contributed by atoms with Crippen molar-refractivity contribution in [3.63, 3.8) is 0 Å². The van der Waals surface area contributed by atoms with E-state index < -0.39 is 36.4 Å². The van der Waals surface area contributed by atoms with Crippen molar-refractivity contribution in [1.82, 2.24) is 5.32 Å². The lowest BCUT2D eigenvalue weighted by molar-refractivity contribution is -0.147. The zero-order chi connectivity index (χ0) is 22.1. The number of rotatable bonds is 9. The summed E-state index contributed by atoms with van der Waals surface area (Å²) < 4.78 is 14.7. The fourth-order valence-corrected chi connectivity index (χ4v) is 2.52. The summed E-state index contributed by atoms with van der Waals surface area (Å²) in [5.41, 5.74) is 0.658. The first-order valence-corrected chi connectivity index (χ1v) is 9.35. The van der Waals surface area contributed by atoms with Crippen molar-refractivity contribution in [2.45, 2.75) is 26.3 Å². The number of carbonyl (C=O) groups is 4. The number of ether oxygens (including phenoxy) is 2. The number of carbonyl (C=O) groups excluding carboxylic acids is 4. The van der Waals surface area contributed by atoms with Crippen LogP contribution in [-0.2, 0) is 19.1 Å². The maximum atomic E-state index is 12.1. The topological polar surface area (TPSA) is 124 Å². The molecule has 160 valence electrons. The Bertz CT molecular complexity index is 875. The predicted molar refractivity (Wildman–Crippen MR) is 107 cm³/mol. The molecule has 1 aromatic heterocycles. The Morgan fingerprint density at radius 1 is 1.10 bits per heavy atom. The van der Waals surface area contributed by atoms with E-state index in [2.05, 4.69) is 10.6 Å². The van der Waals surface area contributed by atoms with E-state index in [0.717, 1.165) is 0 Å². The number of benzene rings is 1. The van der Waals surface area contributed by atoms with Gasteiger partial charge in [0.2, 0.25) is 0 Å². The molecule has 30 heavy (non-hydrogen) atoms. The third-order valence-electron chi connectivity index (χ3n) is 4.44. The van der Waals surface area contributed by atoms with Crippen molar-refractivity contribution in [1.29, 1.82) is 0 Å². The molecule has 0 aliphatic rings. The highest BCUT2D eigenvalue weighted by atomic mass is 16.5. The molecular formula is C21H24N2O7. The van der Waals surface area contributed by atoms with E-state index in [9.17, 15) is 19.2 Å². The van der Waals surface area contributed by atoms with E-state index in [1.54, 1.807) is 13.0 Å². The second-order valence-electron chi connectivity index (χ2n) is 6.54. The SMILES string of the molecule is CC[C@@H](C)[C@@H](NC(=O)COC(=O)c1ccc(NC(=O)c2ccco2)cc1)C(=O)OC. The van der Waals surface area contributed by atoms with Crippen molar-refractivity contribution in [2.24, 2.45) is 5.92 Å². The van der Waals surface area contributed by atoms with Gasteiger partial charge in [-0.2, -0.15) is 0 Å². The summed E-state index contributed by atoms with van der Waals surface area (Å²) in [5, 5.41) is 5.14. The second-order valence-corrected chi connectivity index (χ2v) is 6.54. The number of amides is 2. The van der Waals surface area contributed by atoms with Gasteiger partial charge in [-0.25, -0.2) is 9.59 Å². The van der Waals surface area contributed by atoms with Crippen LogP contribution in [0.3, 0.4) is 0 Å². The first-order chi connectivity index (χ1) is 14.3. The lowest BCUT2D eigenvalue weighted by atomic mass is 9.99. The number of anilines is 1. The van der Waals surface area contributed by atoms with Gasteiger partial charge in [0.05, 0.1) is 18.9 Å². The highest BCUT2D eigenvalue weighted by Crippen LogP contribution is 2.13. The molecule has 2 atom stereocenters. The van der Waals surface area contributed by atoms with Gasteiger partial charge in [-0.3, -0.25) is 9.59 Å². The quantitative estimate of drug-likeness (QED) is 0.602. The van der Waals surface area contributed by atoms with Gasteiger partial charge in [-0.15, -0.1) is 0 Å². The minimum atomic E-state index is -0.816. The highest BCUT2D eigenvalue weighted by molar-refractivity contribution is 6.02. The number of methoxy groups -OCH3 is 1. The fraction of sp³-hybridized carbons (Fsp3) is 0.333. The Morgan fingerprint density at radius 3 is 2.37 bits per heavy atom. The summed E-state index contributed by atoms with van der Waals surface area (Å²) >= 11 is 0. The third-order valence-corrected chi connectivity index (χ3v) is 4.44. The number of esters is 2. The van der Waals surface area contributed by atoms with Crippen LogP contribution in [0.1, 0.15) is 41.2 Å². The molecule has 0 aliphatic carbocycles. The van der Waals surface area contributed by atoms with Gasteiger partial charge in [0.1, 0.15) is 6.04 Å². The largest absolute Gasteiger partial charge is 0.467 e. The van der Waals surface area contributed by atoms with Crippen LogP contribution in [0, 0.1) is 5.92 Å². The zero-order valence-corrected chi connectivity index (χ0v) is 17.0. The van der Waals surface area contributed by atoms with Gasteiger partial charge in [0, 0.05) is 5.69 Å². The van der Waals surface area contributed by atoms with Crippen molar-refractivity contribution in [3.05, 3.63) is 54.0 Å². The molecule has 2 aromatic rings. The molecule has 0 unspecified atom stereocenters. The average Bonchev–Trinajstić information content (AvgIpc) is 3.30. The van der Waals surface area contributed by atoms with Gasteiger partial charge >= 0.3 is 11.9 Å². The molecule has 2 rings (SSSR count). The van der Waals surface area contributed by atoms with Crippen molar-refractivity contribution >= 4 is 29.4 Å². The number of hydrogen-bond acceptors (Lipinski definition) is 7. The monoisotopic (exact) mass is 416 g/mol. The lowest BCUT2D eigenvalue weighted by Crippen LogP contribution is -2.47. The summed E-state index contributed by atoms with van der Waals surface area (Å²) in [6.45, 7) is 3.15. The second kappa shape index (κ2) is 10.8. The van der Waals surface area contributed by atoms with E-state index in [-0.39, 0.29) is 17.2 Å². The number of hydrogen-bond donors (Lipinski definition) is 2. The first-order valence-electron chi connectivity index (χ1n) is 9.35. The van der Waals surface area contributed by atoms with Crippen LogP contribution >= 0.6 is 0 Å². The normalized spacial score (nSPS) is 12.4. The van der Waals surface area contributed by atoms with E-state index in [1.165, 1.54) is 43.7 Å². The maximum Gasteiger partial charge on any atom is 0.338 e. The van der Waals surface area contributed by atoms with Crippen LogP contribution in [0.2, 0.25) is 0 Å². The Kier molecular flexibility index (Phi) is 8.16. The molecule has 9 heteroatoms. The van der Waals surface area contributed by atoms with Crippen molar-refractivity contribution < 1.29 is 33.1 Å². The fourth-order valence-electron chi connectivity index (χ4n) is 2.52. The molecule has 0 radical (unpaired) electrons. The molecule has 0 aliphatic heterocycles. The standard InChI is InChI=1S/C21H24N2O7/c1-4-13(2)18(21(27)28-3)23-17(24)12-30-20(26)14-7-9-15(10-8-14)22-19(25)16-6-5-11-29-16/h5-11,13,18H,4,12H2,1-3H3,(H,22,25)(H,23,24)/t13-,18-/m1/s1. The van der Waals surface area contributed by atoms with Crippen LogP contribution in [-0.4, -0.2) is 43.5 Å². The molecule has 9 nitrogen and oxygen atoms in total. The van der Waals surface area contributed by atoms with E-state index in [1.807, 2.05) is 6.92 Å². The third kappa shape index (κ3) is 6.20. The predicted octanol–water partition coefficient (Wildman–Crippen LogP) is 2.39. The van der Waals surface area contributed by atoms with E-state index in [0.29, 0.717) is 12.1 Å². The van der Waals surface area contributed by atoms with Crippen LogP contribution in [0.4, 0.5) is 5.69 Å². The zero-order valence-electron chi connectivity index (χ0n) is 17.0. The molecule has 0 saturated carbocycles. The summed E-state index contributed by atoms with van der Waals surface area (Å²) in [6, 6.07) is 8.26. The Balaban J connectivity index is 1.87. The minimum absolute atomic E-state index is 0.138. The lowest BCUT2D eigenvalue weighted by Gasteiger charge is -2.21. The highest BCUT2D eigenvalue weighted by Gasteiger charge is 2.27. The Morgan fingerprint density at radius 2 is 1.80 bits per heavy atom. The summed E-state index contributed by atoms with van der Waals surface area (Å²) in [7, 11) is 1.24. The van der Waals surface area contributed by atoms with Gasteiger partial charge in [-0.1, -0.05) is 20.3 Å². The molecule has 0 bridgehead atoms. The molecule has 1 aromatic carbocycles. The summed E-state index contributed by atoms with van der Waals surface area (Å²) in [6.07, 6.45) is 2.04. The Labute approximate surface area is 173 Å². The summed E-state index contributed by atoms with van der Waals surface area (Å²) in [5.74, 6) is -2.29. The molecule has 0 fully saturated rings. The molecule has 0 spiro atoms. The Hall–Kier alpha value is -3.62. The molecule has 1 heterocycles. The van der Waals surface area contributed by atoms with Gasteiger partial charge in [0.25, 0.3) is 11.8 Å². The van der Waals surface area contributed by atoms with E-state index in [4.69, 9.17) is 13.9 Å². The summed E-state index contributed by atoms with van der Waals surface area (Å²) in [4.78, 5) is 47.9. The minimum Gasteiger partial charge on any atom is -0.467 e. The molecule has 2 amide bonds. The van der Waals surface area contributed by atoms with Gasteiger partial charge in [-0.05, 0) is 42.3 Å². The molecule has 2 N–H and O–H groups in total. The first kappa shape index (κ1) is 22.7. The van der Waals surface area contributed by atoms with Crippen LogP contribution in [0.15, 0.2) is 47.1 Å². The van der Waals surface area contributed by atoms with Crippen LogP contribution in [0.25, 0.3) is 0 Å². The van der Waals surface area contributed by atoms with Crippen molar-refractivity contribution in [2.75, 3.05) is 19.0 Å². The van der Waals surface area contributed by atoms with Gasteiger partial charge in [0.15, 0.2) is 12.4 Å². The number of furan rings is 1. The molecular weight excluding hydrogens is 392 g/mol. The number of nitrogens with one attached hydrogen (secondary N) is 2. The van der Waals surface area contributed by atoms with Crippen molar-refractivity contribution in [3.8, 4) is 0 Å². The average molecular weight is 416 g/mol.